The molecule has 26 heavy (non-hydrogen) atoms. The van der Waals surface area contributed by atoms with E-state index >= 15 is 0 Å². The Kier molecular flexibility index (Phi) is 7.48. The molecule has 0 spiro atoms. The molecule has 0 aromatic heterocycles. The fourth-order valence-corrected chi connectivity index (χ4v) is 2.70. The predicted octanol–water partition coefficient (Wildman–Crippen LogP) is 3.17. The number of halogens is 1. The van der Waals surface area contributed by atoms with Gasteiger partial charge in [0.25, 0.3) is 5.91 Å². The Labute approximate surface area is 159 Å². The Morgan fingerprint density at radius 2 is 1.92 bits per heavy atom. The first kappa shape index (κ1) is 19.8. The second kappa shape index (κ2) is 9.82. The van der Waals surface area contributed by atoms with Gasteiger partial charge in [0.1, 0.15) is 0 Å². The summed E-state index contributed by atoms with van der Waals surface area (Å²) in [6, 6.07) is 15.5. The third-order valence-electron chi connectivity index (χ3n) is 4.07. The number of amides is 1. The van der Waals surface area contributed by atoms with E-state index in [1.54, 1.807) is 14.1 Å². The van der Waals surface area contributed by atoms with Gasteiger partial charge in [-0.3, -0.25) is 9.79 Å². The van der Waals surface area contributed by atoms with Crippen molar-refractivity contribution in [2.45, 2.75) is 19.4 Å². The van der Waals surface area contributed by atoms with Crippen LogP contribution in [0.25, 0.3) is 0 Å². The minimum atomic E-state index is -0.0749. The molecule has 0 bridgehead atoms. The van der Waals surface area contributed by atoms with Crippen molar-refractivity contribution in [1.82, 2.24) is 16.0 Å². The minimum absolute atomic E-state index is 0.0749. The molecule has 0 heterocycles. The highest BCUT2D eigenvalue weighted by atomic mass is 35.5. The summed E-state index contributed by atoms with van der Waals surface area (Å²) in [6.07, 6.45) is 0.793. The lowest BCUT2D eigenvalue weighted by atomic mass is 10.1. The molecule has 138 valence electrons. The van der Waals surface area contributed by atoms with Crippen molar-refractivity contribution in [2.24, 2.45) is 4.99 Å². The van der Waals surface area contributed by atoms with E-state index < -0.39 is 0 Å². The molecule has 2 aromatic carbocycles. The number of nitrogens with one attached hydrogen (secondary N) is 3. The van der Waals surface area contributed by atoms with Gasteiger partial charge in [-0.2, -0.15) is 0 Å². The van der Waals surface area contributed by atoms with Crippen LogP contribution in [0.3, 0.4) is 0 Å². The van der Waals surface area contributed by atoms with Crippen molar-refractivity contribution >= 4 is 23.5 Å². The number of nitrogens with zero attached hydrogens (tertiary/aromatic N) is 1. The highest BCUT2D eigenvalue weighted by Crippen LogP contribution is 2.15. The molecule has 1 atom stereocenters. The summed E-state index contributed by atoms with van der Waals surface area (Å²) in [6.45, 7) is 2.78. The van der Waals surface area contributed by atoms with E-state index in [0.29, 0.717) is 12.1 Å². The molecule has 1 unspecified atom stereocenters. The maximum absolute atomic E-state index is 11.7. The first-order valence-electron chi connectivity index (χ1n) is 8.57. The predicted molar refractivity (Wildman–Crippen MR) is 108 cm³/mol. The molecule has 5 nitrogen and oxygen atoms in total. The Bertz CT molecular complexity index is 759. The summed E-state index contributed by atoms with van der Waals surface area (Å²) in [5, 5.41) is 10.0. The Hall–Kier alpha value is -2.53. The first-order chi connectivity index (χ1) is 12.5. The largest absolute Gasteiger partial charge is 0.356 e. The van der Waals surface area contributed by atoms with Crippen LogP contribution in [0, 0.1) is 0 Å². The summed E-state index contributed by atoms with van der Waals surface area (Å²) in [5.74, 6) is 0.656. The van der Waals surface area contributed by atoms with E-state index in [4.69, 9.17) is 11.6 Å². The second-order valence-electron chi connectivity index (χ2n) is 5.95. The summed E-state index contributed by atoms with van der Waals surface area (Å²) >= 11 is 5.93. The van der Waals surface area contributed by atoms with Gasteiger partial charge in [-0.05, 0) is 48.7 Å². The van der Waals surface area contributed by atoms with Gasteiger partial charge in [-0.15, -0.1) is 0 Å². The molecule has 2 rings (SSSR count). The average Bonchev–Trinajstić information content (AvgIpc) is 2.67. The molecular weight excluding hydrogens is 348 g/mol. The SMILES string of the molecule is CN=C(NCCc1cccc(C(=O)NC)c1)NC(C)c1ccc(Cl)cc1. The topological polar surface area (TPSA) is 65.5 Å². The minimum Gasteiger partial charge on any atom is -0.356 e. The van der Waals surface area contributed by atoms with Crippen LogP contribution in [-0.2, 0) is 6.42 Å². The Morgan fingerprint density at radius 1 is 1.19 bits per heavy atom. The number of hydrogen-bond donors (Lipinski definition) is 3. The molecule has 0 aliphatic heterocycles. The maximum atomic E-state index is 11.7. The number of carbonyl (C=O) groups excluding carboxylic acids is 1. The molecule has 0 saturated carbocycles. The van der Waals surface area contributed by atoms with Crippen LogP contribution in [-0.4, -0.2) is 32.5 Å². The third kappa shape index (κ3) is 5.77. The van der Waals surface area contributed by atoms with Gasteiger partial charge >= 0.3 is 0 Å². The van der Waals surface area contributed by atoms with E-state index in [-0.39, 0.29) is 11.9 Å². The molecule has 0 aliphatic carbocycles. The molecule has 3 N–H and O–H groups in total. The summed E-state index contributed by atoms with van der Waals surface area (Å²) < 4.78 is 0. The molecule has 2 aromatic rings. The van der Waals surface area contributed by atoms with Gasteiger partial charge in [-0.1, -0.05) is 35.9 Å². The van der Waals surface area contributed by atoms with Crippen molar-refractivity contribution in [2.75, 3.05) is 20.6 Å². The van der Waals surface area contributed by atoms with Gasteiger partial charge < -0.3 is 16.0 Å². The molecule has 0 aliphatic rings. The lowest BCUT2D eigenvalue weighted by Crippen LogP contribution is -2.39. The van der Waals surface area contributed by atoms with Crippen molar-refractivity contribution in [3.05, 3.63) is 70.2 Å². The van der Waals surface area contributed by atoms with Gasteiger partial charge in [-0.25, -0.2) is 0 Å². The van der Waals surface area contributed by atoms with E-state index in [2.05, 4.69) is 27.9 Å². The van der Waals surface area contributed by atoms with Crippen LogP contribution in [0.2, 0.25) is 5.02 Å². The highest BCUT2D eigenvalue weighted by molar-refractivity contribution is 6.30. The molecule has 1 amide bonds. The number of hydrogen-bond acceptors (Lipinski definition) is 2. The lowest BCUT2D eigenvalue weighted by molar-refractivity contribution is 0.0963. The quantitative estimate of drug-likeness (QED) is 0.539. The van der Waals surface area contributed by atoms with E-state index in [1.807, 2.05) is 48.5 Å². The van der Waals surface area contributed by atoms with E-state index in [0.717, 1.165) is 28.5 Å². The number of carbonyl (C=O) groups is 1. The van der Waals surface area contributed by atoms with Crippen LogP contribution in [0.5, 0.6) is 0 Å². The second-order valence-corrected chi connectivity index (χ2v) is 6.38. The average molecular weight is 373 g/mol. The summed E-state index contributed by atoms with van der Waals surface area (Å²) in [7, 11) is 3.38. The number of benzene rings is 2. The van der Waals surface area contributed by atoms with E-state index in [9.17, 15) is 4.79 Å². The molecule has 0 radical (unpaired) electrons. The van der Waals surface area contributed by atoms with Gasteiger partial charge in [0.05, 0.1) is 6.04 Å². The van der Waals surface area contributed by atoms with Crippen LogP contribution < -0.4 is 16.0 Å². The van der Waals surface area contributed by atoms with Gasteiger partial charge in [0, 0.05) is 31.2 Å². The van der Waals surface area contributed by atoms with Crippen LogP contribution >= 0.6 is 11.6 Å². The lowest BCUT2D eigenvalue weighted by Gasteiger charge is -2.18. The number of aliphatic imine (C=N–C) groups is 1. The summed E-state index contributed by atoms with van der Waals surface area (Å²) in [4.78, 5) is 16.0. The smallest absolute Gasteiger partial charge is 0.251 e. The van der Waals surface area contributed by atoms with Gasteiger partial charge in [0.15, 0.2) is 5.96 Å². The first-order valence-corrected chi connectivity index (χ1v) is 8.95. The zero-order valence-electron chi connectivity index (χ0n) is 15.3. The maximum Gasteiger partial charge on any atom is 0.251 e. The highest BCUT2D eigenvalue weighted by Gasteiger charge is 2.08. The van der Waals surface area contributed by atoms with Crippen molar-refractivity contribution in [3.8, 4) is 0 Å². The monoisotopic (exact) mass is 372 g/mol. The number of guanidine groups is 1. The number of rotatable bonds is 6. The van der Waals surface area contributed by atoms with Crippen LogP contribution in [0.15, 0.2) is 53.5 Å². The normalized spacial score (nSPS) is 12.4. The third-order valence-corrected chi connectivity index (χ3v) is 4.32. The summed E-state index contributed by atoms with van der Waals surface area (Å²) in [5.41, 5.74) is 2.90. The fourth-order valence-electron chi connectivity index (χ4n) is 2.57. The fraction of sp³-hybridized carbons (Fsp3) is 0.300. The van der Waals surface area contributed by atoms with Crippen molar-refractivity contribution in [3.63, 3.8) is 0 Å². The molecule has 6 heteroatoms. The van der Waals surface area contributed by atoms with Crippen molar-refractivity contribution < 1.29 is 4.79 Å². The van der Waals surface area contributed by atoms with Crippen LogP contribution in [0.1, 0.15) is 34.5 Å². The zero-order chi connectivity index (χ0) is 18.9. The zero-order valence-corrected chi connectivity index (χ0v) is 16.1. The van der Waals surface area contributed by atoms with Gasteiger partial charge in [0.2, 0.25) is 0 Å². The standard InChI is InChI=1S/C20H25ClN4O/c1-14(16-7-9-18(21)10-8-16)25-20(23-3)24-12-11-15-5-4-6-17(13-15)19(26)22-2/h4-10,13-14H,11-12H2,1-3H3,(H,22,26)(H2,23,24,25). The van der Waals surface area contributed by atoms with Crippen molar-refractivity contribution in [1.29, 1.82) is 0 Å². The Morgan fingerprint density at radius 3 is 2.58 bits per heavy atom. The van der Waals surface area contributed by atoms with Crippen LogP contribution in [0.4, 0.5) is 0 Å². The molecular formula is C20H25ClN4O. The molecule has 0 saturated heterocycles. The molecule has 0 fully saturated rings. The van der Waals surface area contributed by atoms with E-state index in [1.165, 1.54) is 0 Å². The Balaban J connectivity index is 1.87.